The Balaban J connectivity index is 2.17. The van der Waals surface area contributed by atoms with E-state index in [2.05, 4.69) is 10.3 Å². The maximum Gasteiger partial charge on any atom is 0.420 e. The lowest BCUT2D eigenvalue weighted by Crippen LogP contribution is -2.51. The van der Waals surface area contributed by atoms with Crippen molar-refractivity contribution in [2.45, 2.75) is 25.1 Å². The Labute approximate surface area is 199 Å². The van der Waals surface area contributed by atoms with Crippen LogP contribution in [-0.2, 0) is 16.5 Å². The number of rotatable bonds is 4. The van der Waals surface area contributed by atoms with Gasteiger partial charge in [0.2, 0.25) is 11.9 Å². The number of benzene rings is 2. The summed E-state index contributed by atoms with van der Waals surface area (Å²) in [4.78, 5) is 38.8. The second kappa shape index (κ2) is 9.02. The summed E-state index contributed by atoms with van der Waals surface area (Å²) in [5, 5.41) is 23.6. The van der Waals surface area contributed by atoms with Gasteiger partial charge < -0.3 is 10.4 Å². The third-order valence-electron chi connectivity index (χ3n) is 5.21. The number of carboxylic acid groups (broad SMARTS) is 1. The van der Waals surface area contributed by atoms with Gasteiger partial charge in [-0.3, -0.25) is 25.1 Å². The minimum Gasteiger partial charge on any atom is -0.465 e. The van der Waals surface area contributed by atoms with E-state index >= 15 is 4.39 Å². The normalized spacial score (nSPS) is 18.2. The molecule has 1 heterocycles. The van der Waals surface area contributed by atoms with Crippen molar-refractivity contribution in [3.63, 3.8) is 0 Å². The highest BCUT2D eigenvalue weighted by Gasteiger charge is 2.42. The number of nitrogens with one attached hydrogen (secondary N) is 2. The molecule has 0 aliphatic carbocycles. The summed E-state index contributed by atoms with van der Waals surface area (Å²) in [5.41, 5.74) is -6.16. The third-order valence-corrected chi connectivity index (χ3v) is 5.52. The van der Waals surface area contributed by atoms with Gasteiger partial charge in [0.25, 0.3) is 5.69 Å². The smallest absolute Gasteiger partial charge is 0.420 e. The second-order valence-corrected chi connectivity index (χ2v) is 8.04. The molecule has 0 spiro atoms. The fourth-order valence-electron chi connectivity index (χ4n) is 3.54. The number of alkyl halides is 3. The number of halogens is 5. The van der Waals surface area contributed by atoms with Gasteiger partial charge in [-0.05, 0) is 19.1 Å². The molecule has 15 heteroatoms. The quantitative estimate of drug-likeness (QED) is 0.301. The maximum absolute atomic E-state index is 15.6. The molecule has 186 valence electrons. The van der Waals surface area contributed by atoms with E-state index in [-0.39, 0.29) is 11.5 Å². The molecule has 3 rings (SSSR count). The van der Waals surface area contributed by atoms with E-state index in [1.54, 1.807) is 0 Å². The minimum atomic E-state index is -5.12. The Bertz CT molecular complexity index is 1270. The average Bonchev–Trinajstić information content (AvgIpc) is 2.71. The van der Waals surface area contributed by atoms with Gasteiger partial charge in [0.05, 0.1) is 27.6 Å². The molecule has 0 radical (unpaired) electrons. The van der Waals surface area contributed by atoms with Gasteiger partial charge in [0, 0.05) is 18.7 Å². The number of nitro benzene ring substituents is 1. The Morgan fingerprint density at radius 3 is 2.54 bits per heavy atom. The Kier molecular flexibility index (Phi) is 6.62. The maximum atomic E-state index is 15.6. The van der Waals surface area contributed by atoms with Crippen LogP contribution in [0.4, 0.5) is 39.4 Å². The van der Waals surface area contributed by atoms with Crippen LogP contribution >= 0.6 is 11.6 Å². The molecule has 0 saturated heterocycles. The van der Waals surface area contributed by atoms with Crippen molar-refractivity contribution in [1.82, 2.24) is 10.2 Å². The summed E-state index contributed by atoms with van der Waals surface area (Å²) in [7, 11) is 1.25. The van der Waals surface area contributed by atoms with Crippen molar-refractivity contribution in [2.24, 2.45) is 4.99 Å². The molecule has 0 aromatic heterocycles. The lowest BCUT2D eigenvalue weighted by atomic mass is 9.86. The lowest BCUT2D eigenvalue weighted by Gasteiger charge is -2.35. The molecular weight excluding hydrogens is 502 g/mol. The van der Waals surface area contributed by atoms with E-state index in [0.29, 0.717) is 6.07 Å². The molecular formula is C20H16ClF4N5O5. The van der Waals surface area contributed by atoms with Crippen LogP contribution in [0, 0.1) is 15.9 Å². The summed E-state index contributed by atoms with van der Waals surface area (Å²) in [6, 6.07) is 4.92. The predicted octanol–water partition coefficient (Wildman–Crippen LogP) is 4.85. The van der Waals surface area contributed by atoms with E-state index in [0.717, 1.165) is 17.0 Å². The van der Waals surface area contributed by atoms with Gasteiger partial charge in [0.15, 0.2) is 5.82 Å². The Hall–Kier alpha value is -3.94. The summed E-state index contributed by atoms with van der Waals surface area (Å²) >= 11 is 5.67. The van der Waals surface area contributed by atoms with Crippen LogP contribution in [0.5, 0.6) is 0 Å². The summed E-state index contributed by atoms with van der Waals surface area (Å²) in [5.74, 6) is -2.17. The molecule has 3 N–H and O–H groups in total. The molecule has 2 amide bonds. The van der Waals surface area contributed by atoms with Gasteiger partial charge in [0.1, 0.15) is 11.3 Å². The zero-order chi connectivity index (χ0) is 26.3. The first-order valence-corrected chi connectivity index (χ1v) is 10.00. The van der Waals surface area contributed by atoms with Crippen molar-refractivity contribution >= 4 is 46.6 Å². The number of aliphatic imine (C=N–C) groups is 1. The predicted molar refractivity (Wildman–Crippen MR) is 116 cm³/mol. The number of nitro groups is 1. The first kappa shape index (κ1) is 25.7. The van der Waals surface area contributed by atoms with Gasteiger partial charge in [-0.1, -0.05) is 23.7 Å². The highest BCUT2D eigenvalue weighted by molar-refractivity contribution is 6.32. The highest BCUT2D eigenvalue weighted by atomic mass is 35.5. The van der Waals surface area contributed by atoms with Gasteiger partial charge >= 0.3 is 12.3 Å². The molecule has 10 nitrogen and oxygen atoms in total. The molecule has 0 saturated carbocycles. The van der Waals surface area contributed by atoms with Crippen molar-refractivity contribution in [2.75, 3.05) is 12.4 Å². The van der Waals surface area contributed by atoms with Gasteiger partial charge in [-0.25, -0.2) is 14.2 Å². The first-order valence-electron chi connectivity index (χ1n) is 9.62. The molecule has 2 aromatic rings. The fraction of sp³-hybridized carbons (Fsp3) is 0.250. The van der Waals surface area contributed by atoms with Crippen molar-refractivity contribution in [3.8, 4) is 0 Å². The Morgan fingerprint density at radius 1 is 1.31 bits per heavy atom. The van der Waals surface area contributed by atoms with Crippen molar-refractivity contribution in [1.29, 1.82) is 0 Å². The number of hydrogen-bond acceptors (Lipinski definition) is 6. The van der Waals surface area contributed by atoms with E-state index < -0.39 is 68.5 Å². The van der Waals surface area contributed by atoms with Gasteiger partial charge in [-0.15, -0.1) is 0 Å². The number of nitrogens with zero attached hydrogens (tertiary/aromatic N) is 3. The largest absolute Gasteiger partial charge is 0.465 e. The molecule has 0 fully saturated rings. The molecule has 2 aromatic carbocycles. The van der Waals surface area contributed by atoms with Crippen molar-refractivity contribution < 1.29 is 37.2 Å². The molecule has 1 aliphatic rings. The summed E-state index contributed by atoms with van der Waals surface area (Å²) < 4.78 is 56.6. The minimum absolute atomic E-state index is 0.271. The van der Waals surface area contributed by atoms with Crippen LogP contribution in [0.25, 0.3) is 0 Å². The SMILES string of the molecule is CN1C(=O)C[C@@](C)(c2cccc(Nc3c([N+](=O)[O-])ccc(Cl)c3C(F)(F)F)c2F)N=C1NC(=O)O. The number of hydrogen-bond donors (Lipinski definition) is 3. The van der Waals surface area contributed by atoms with Crippen LogP contribution in [-0.4, -0.2) is 39.9 Å². The zero-order valence-corrected chi connectivity index (χ0v) is 18.7. The summed E-state index contributed by atoms with van der Waals surface area (Å²) in [6.07, 6.45) is -7.05. The van der Waals surface area contributed by atoms with Crippen LogP contribution in [0.15, 0.2) is 35.3 Å². The van der Waals surface area contributed by atoms with Crippen LogP contribution in [0.1, 0.15) is 24.5 Å². The third kappa shape index (κ3) is 4.96. The standard InChI is InChI=1S/C20H16ClF4N5O5/c1-19(8-13(31)29(2)17(28-19)27-18(32)33)9-4-3-5-11(15(9)22)26-16-12(30(34)35)7-6-10(21)14(16)20(23,24)25/h3-7,26H,8H2,1-2H3,(H,27,28)(H,32,33)/t19-/m0/s1. The van der Waals surface area contributed by atoms with E-state index in [1.165, 1.54) is 26.1 Å². The highest BCUT2D eigenvalue weighted by Crippen LogP contribution is 2.46. The molecule has 0 unspecified atom stereocenters. The number of guanidine groups is 1. The van der Waals surface area contributed by atoms with Gasteiger partial charge in [-0.2, -0.15) is 13.2 Å². The van der Waals surface area contributed by atoms with Crippen LogP contribution < -0.4 is 10.6 Å². The second-order valence-electron chi connectivity index (χ2n) is 7.63. The van der Waals surface area contributed by atoms with Crippen LogP contribution in [0.3, 0.4) is 0 Å². The average molecular weight is 518 g/mol. The lowest BCUT2D eigenvalue weighted by molar-refractivity contribution is -0.384. The molecule has 1 aliphatic heterocycles. The number of carbonyl (C=O) groups is 2. The zero-order valence-electron chi connectivity index (χ0n) is 17.9. The molecule has 35 heavy (non-hydrogen) atoms. The van der Waals surface area contributed by atoms with E-state index in [4.69, 9.17) is 16.7 Å². The van der Waals surface area contributed by atoms with Crippen molar-refractivity contribution in [3.05, 3.63) is 62.4 Å². The van der Waals surface area contributed by atoms with Crippen LogP contribution in [0.2, 0.25) is 5.02 Å². The number of carbonyl (C=O) groups excluding carboxylic acids is 1. The van der Waals surface area contributed by atoms with E-state index in [1.807, 2.05) is 5.32 Å². The monoisotopic (exact) mass is 517 g/mol. The molecule has 0 bridgehead atoms. The first-order chi connectivity index (χ1) is 16.2. The Morgan fingerprint density at radius 2 is 1.97 bits per heavy atom. The molecule has 1 atom stereocenters. The number of amides is 2. The fourth-order valence-corrected chi connectivity index (χ4v) is 3.81. The topological polar surface area (TPSA) is 137 Å². The summed E-state index contributed by atoms with van der Waals surface area (Å²) in [6.45, 7) is 1.33. The van der Waals surface area contributed by atoms with E-state index in [9.17, 15) is 32.9 Å². The number of anilines is 2.